The van der Waals surface area contributed by atoms with Gasteiger partial charge in [-0.25, -0.2) is 4.79 Å². The summed E-state index contributed by atoms with van der Waals surface area (Å²) in [7, 11) is 0. The van der Waals surface area contributed by atoms with Crippen molar-refractivity contribution in [3.63, 3.8) is 0 Å². The molecule has 3 aromatic rings. The molecular weight excluding hydrogens is 973 g/mol. The first kappa shape index (κ1) is 55.2. The van der Waals surface area contributed by atoms with Crippen LogP contribution in [0.3, 0.4) is 0 Å². The molecule has 24 heteroatoms. The van der Waals surface area contributed by atoms with Gasteiger partial charge in [0.15, 0.2) is 30.6 Å². The molecule has 24 nitrogen and oxygen atoms in total. The summed E-state index contributed by atoms with van der Waals surface area (Å²) in [5.41, 5.74) is -0.287. The Morgan fingerprint density at radius 1 is 0.630 bits per heavy atom. The largest absolute Gasteiger partial charge is 0.508 e. The average Bonchev–Trinajstić information content (AvgIpc) is 3.34. The van der Waals surface area contributed by atoms with E-state index >= 15 is 0 Å². The molecule has 0 aromatic heterocycles. The number of hydrogen-bond acceptors (Lipinski definition) is 24. The van der Waals surface area contributed by atoms with Crippen molar-refractivity contribution in [1.29, 1.82) is 0 Å². The summed E-state index contributed by atoms with van der Waals surface area (Å²) in [6.45, 7) is 4.53. The lowest BCUT2D eigenvalue weighted by molar-refractivity contribution is -0.346. The predicted molar refractivity (Wildman–Crippen MR) is 243 cm³/mol. The molecule has 0 bridgehead atoms. The van der Waals surface area contributed by atoms with Crippen molar-refractivity contribution in [2.45, 2.75) is 157 Å². The minimum absolute atomic E-state index is 0.00173. The molecule has 0 saturated carbocycles. The zero-order chi connectivity index (χ0) is 53.2. The zero-order valence-corrected chi connectivity index (χ0v) is 39.7. The van der Waals surface area contributed by atoms with Crippen LogP contribution >= 0.6 is 0 Å². The Labute approximate surface area is 416 Å². The zero-order valence-electron chi connectivity index (χ0n) is 39.7. The summed E-state index contributed by atoms with van der Waals surface area (Å²) in [4.78, 5) is 40.2. The topological polar surface area (TPSA) is 377 Å². The Bertz CT molecular complexity index is 2420. The summed E-state index contributed by atoms with van der Waals surface area (Å²) in [5, 5.41) is 131. The van der Waals surface area contributed by atoms with Crippen LogP contribution in [0.2, 0.25) is 0 Å². The van der Waals surface area contributed by atoms with Crippen molar-refractivity contribution in [2.24, 2.45) is 0 Å². The normalized spacial score (nSPS) is 35.8. The van der Waals surface area contributed by atoms with Gasteiger partial charge in [-0.05, 0) is 68.7 Å². The second kappa shape index (κ2) is 23.3. The third-order valence-corrected chi connectivity index (χ3v) is 12.9. The number of phenolic OH excluding ortho intramolecular Hbond substituents is 4. The maximum atomic E-state index is 14.5. The molecule has 4 aliphatic rings. The van der Waals surface area contributed by atoms with E-state index in [1.54, 1.807) is 0 Å². The van der Waals surface area contributed by atoms with Gasteiger partial charge in [0.25, 0.3) is 0 Å². The minimum Gasteiger partial charge on any atom is -0.508 e. The van der Waals surface area contributed by atoms with Gasteiger partial charge in [-0.1, -0.05) is 24.3 Å². The molecule has 4 heterocycles. The maximum absolute atomic E-state index is 14.5. The number of aliphatic hydroxyl groups is 8. The highest BCUT2D eigenvalue weighted by Gasteiger charge is 2.54. The Hall–Kier alpha value is -5.55. The number of Topliss-reactive ketones (excluding diaryl/α,β-unsaturated/α-hetero) is 1. The van der Waals surface area contributed by atoms with Crippen molar-refractivity contribution < 1.29 is 118 Å². The Balaban J connectivity index is 1.27. The van der Waals surface area contributed by atoms with Crippen molar-refractivity contribution in [2.75, 3.05) is 6.61 Å². The molecule has 73 heavy (non-hydrogen) atoms. The van der Waals surface area contributed by atoms with E-state index in [0.29, 0.717) is 11.1 Å². The van der Waals surface area contributed by atoms with Gasteiger partial charge >= 0.3 is 11.9 Å². The highest BCUT2D eigenvalue weighted by atomic mass is 16.8. The van der Waals surface area contributed by atoms with Crippen molar-refractivity contribution >= 4 is 23.8 Å². The fourth-order valence-corrected chi connectivity index (χ4v) is 8.84. The van der Waals surface area contributed by atoms with Crippen LogP contribution in [0.25, 0.3) is 6.08 Å². The van der Waals surface area contributed by atoms with Gasteiger partial charge in [-0.15, -0.1) is 0 Å². The molecule has 4 fully saturated rings. The van der Waals surface area contributed by atoms with Gasteiger partial charge in [-0.3, -0.25) is 9.59 Å². The van der Waals surface area contributed by atoms with Crippen molar-refractivity contribution in [1.82, 2.24) is 0 Å². The van der Waals surface area contributed by atoms with Crippen LogP contribution in [-0.4, -0.2) is 196 Å². The molecule has 7 rings (SSSR count). The van der Waals surface area contributed by atoms with Crippen molar-refractivity contribution in [3.8, 4) is 28.7 Å². The van der Waals surface area contributed by atoms with Gasteiger partial charge in [0, 0.05) is 25.5 Å². The van der Waals surface area contributed by atoms with E-state index in [0.717, 1.165) is 19.1 Å². The quantitative estimate of drug-likeness (QED) is 0.0505. The van der Waals surface area contributed by atoms with Crippen LogP contribution in [0, 0.1) is 0 Å². The molecule has 400 valence electrons. The first-order chi connectivity index (χ1) is 34.5. The number of carbonyl (C=O) groups excluding carboxylic acids is 3. The molecule has 4 aliphatic heterocycles. The maximum Gasteiger partial charge on any atom is 0.331 e. The smallest absolute Gasteiger partial charge is 0.331 e. The molecule has 0 spiro atoms. The fourth-order valence-electron chi connectivity index (χ4n) is 8.84. The lowest BCUT2D eigenvalue weighted by atomic mass is 9.89. The van der Waals surface area contributed by atoms with E-state index in [9.17, 15) is 75.7 Å². The lowest BCUT2D eigenvalue weighted by Crippen LogP contribution is -2.64. The highest BCUT2D eigenvalue weighted by Crippen LogP contribution is 2.48. The highest BCUT2D eigenvalue weighted by molar-refractivity contribution is 6.02. The Morgan fingerprint density at radius 3 is 1.85 bits per heavy atom. The second-order valence-electron chi connectivity index (χ2n) is 18.2. The monoisotopic (exact) mass is 1030 g/mol. The van der Waals surface area contributed by atoms with Crippen LogP contribution in [0.4, 0.5) is 0 Å². The third kappa shape index (κ3) is 12.4. The second-order valence-corrected chi connectivity index (χ2v) is 18.2. The van der Waals surface area contributed by atoms with Gasteiger partial charge in [0.05, 0.1) is 30.5 Å². The van der Waals surface area contributed by atoms with Gasteiger partial charge in [-0.2, -0.15) is 0 Å². The van der Waals surface area contributed by atoms with E-state index in [2.05, 4.69) is 0 Å². The summed E-state index contributed by atoms with van der Waals surface area (Å²) in [6.07, 6.45) is -29.9. The molecule has 3 aromatic carbocycles. The summed E-state index contributed by atoms with van der Waals surface area (Å²) in [6, 6.07) is 12.3. The predicted octanol–water partition coefficient (Wildman–Crippen LogP) is -0.776. The standard InChI is InChI=1S/C49H60O24/c1-19-34(57)38(61)40(63)47(66-19)73-44-36(59)29(55)18-65-43(44)33-28(54)17-30(32(37(33)60)27(53)15-9-23-5-11-25(51)12-6-23)70-48-46(71-31(56)16-10-24-7-13-26(52)14-8-24)41(64)42(21(3)68-48)72-49-45(69-22(4)50)39(62)35(58)20(2)67-49/h5-8,10-14,16-17,19-21,29,34-36,38-49,51-52,54-55,57-64H,9,15,18H2,1-4H3/b16-10+. The minimum atomic E-state index is -1.98. The summed E-state index contributed by atoms with van der Waals surface area (Å²) < 4.78 is 52.4. The molecule has 0 amide bonds. The lowest BCUT2D eigenvalue weighted by Gasteiger charge is -2.46. The number of ether oxygens (including phenoxy) is 9. The van der Waals surface area contributed by atoms with E-state index in [-0.39, 0.29) is 17.9 Å². The average molecular weight is 1030 g/mol. The molecule has 12 N–H and O–H groups in total. The number of hydrogen-bond donors (Lipinski definition) is 12. The molecule has 4 saturated heterocycles. The molecule has 0 radical (unpaired) electrons. The van der Waals surface area contributed by atoms with E-state index in [1.807, 2.05) is 0 Å². The summed E-state index contributed by atoms with van der Waals surface area (Å²) in [5.74, 6) is -5.54. The number of aromatic hydroxyl groups is 4. The van der Waals surface area contributed by atoms with Crippen molar-refractivity contribution in [3.05, 3.63) is 82.9 Å². The Kier molecular flexibility index (Phi) is 17.6. The van der Waals surface area contributed by atoms with E-state index < -0.39 is 176 Å². The number of aliphatic hydroxyl groups excluding tert-OH is 8. The van der Waals surface area contributed by atoms with Crippen LogP contribution in [0.15, 0.2) is 60.7 Å². The van der Waals surface area contributed by atoms with Gasteiger partial charge in [0.2, 0.25) is 6.29 Å². The van der Waals surface area contributed by atoms with E-state index in [1.165, 1.54) is 75.4 Å². The number of rotatable bonds is 15. The Morgan fingerprint density at radius 2 is 1.21 bits per heavy atom. The molecule has 19 unspecified atom stereocenters. The number of esters is 2. The molecule has 19 atom stereocenters. The number of phenols is 4. The number of benzene rings is 3. The number of aryl methyl sites for hydroxylation is 1. The number of ketones is 1. The van der Waals surface area contributed by atoms with Gasteiger partial charge < -0.3 is 104 Å². The fraction of sp³-hybridized carbons (Fsp3) is 0.531. The SMILES string of the molecule is CC(=O)OC1C(OC2C(C)OC(Oc3cc(O)c(C4OCC(O)C(O)C4OC4OC(C)C(O)C(O)C4O)c(O)c3C(=O)CCc3ccc(O)cc3)C(OC(=O)/C=C/c3ccc(O)cc3)C2O)OC(C)C(O)C1O. The molecular formula is C49H60O24. The third-order valence-electron chi connectivity index (χ3n) is 12.9. The van der Waals surface area contributed by atoms with Crippen LogP contribution < -0.4 is 4.74 Å². The molecule has 0 aliphatic carbocycles. The van der Waals surface area contributed by atoms with Gasteiger partial charge in [0.1, 0.15) is 101 Å². The first-order valence-corrected chi connectivity index (χ1v) is 23.3. The van der Waals surface area contributed by atoms with E-state index in [4.69, 9.17) is 42.6 Å². The first-order valence-electron chi connectivity index (χ1n) is 23.3. The van der Waals surface area contributed by atoms with Crippen LogP contribution in [-0.2, 0) is 53.9 Å². The number of carbonyl (C=O) groups is 3. The van der Waals surface area contributed by atoms with Crippen LogP contribution in [0.5, 0.6) is 28.7 Å². The van der Waals surface area contributed by atoms with Crippen LogP contribution in [0.1, 0.15) is 67.3 Å². The summed E-state index contributed by atoms with van der Waals surface area (Å²) >= 11 is 0.